The summed E-state index contributed by atoms with van der Waals surface area (Å²) in [4.78, 5) is 23.6. The van der Waals surface area contributed by atoms with Crippen LogP contribution >= 0.6 is 0 Å². The standard InChI is InChI=1S/C20H30O4.C2H6/c1-8-20(6,7)14(2)15-9-11-16(12-10-15)18(22)23-13-17(21)24-19(3,4)5;1-2/h9-12,14H,8,13H2,1-7H3;1-2H3. The highest BCUT2D eigenvalue weighted by Gasteiger charge is 2.25. The Balaban J connectivity index is 0.00000301. The fourth-order valence-electron chi connectivity index (χ4n) is 2.24. The first-order valence-electron chi connectivity index (χ1n) is 9.45. The van der Waals surface area contributed by atoms with E-state index in [0.717, 1.165) is 6.42 Å². The quantitative estimate of drug-likeness (QED) is 0.603. The molecule has 4 heteroatoms. The molecule has 0 saturated heterocycles. The first kappa shape index (κ1) is 24.2. The van der Waals surface area contributed by atoms with E-state index in [1.165, 1.54) is 5.56 Å². The number of esters is 2. The van der Waals surface area contributed by atoms with Crippen LogP contribution in [0.2, 0.25) is 0 Å². The van der Waals surface area contributed by atoms with E-state index in [1.54, 1.807) is 32.9 Å². The number of carbonyl (C=O) groups excluding carboxylic acids is 2. The summed E-state index contributed by atoms with van der Waals surface area (Å²) in [5.41, 5.74) is 1.22. The minimum absolute atomic E-state index is 0.193. The molecule has 0 aromatic heterocycles. The lowest BCUT2D eigenvalue weighted by Gasteiger charge is -2.31. The van der Waals surface area contributed by atoms with Crippen LogP contribution in [0.25, 0.3) is 0 Å². The minimum atomic E-state index is -0.590. The van der Waals surface area contributed by atoms with E-state index < -0.39 is 17.5 Å². The number of carbonyl (C=O) groups is 2. The van der Waals surface area contributed by atoms with E-state index in [1.807, 2.05) is 26.0 Å². The lowest BCUT2D eigenvalue weighted by Crippen LogP contribution is -2.27. The van der Waals surface area contributed by atoms with Crippen molar-refractivity contribution in [3.05, 3.63) is 35.4 Å². The number of benzene rings is 1. The molecule has 0 aliphatic carbocycles. The number of hydrogen-bond acceptors (Lipinski definition) is 4. The molecule has 148 valence electrons. The Morgan fingerprint density at radius 1 is 1.00 bits per heavy atom. The van der Waals surface area contributed by atoms with Crippen LogP contribution in [0.1, 0.15) is 90.6 Å². The van der Waals surface area contributed by atoms with Gasteiger partial charge >= 0.3 is 11.9 Å². The van der Waals surface area contributed by atoms with E-state index >= 15 is 0 Å². The molecule has 0 saturated carbocycles. The summed E-state index contributed by atoms with van der Waals surface area (Å²) in [6.07, 6.45) is 1.08. The van der Waals surface area contributed by atoms with Crippen LogP contribution in [0.4, 0.5) is 0 Å². The summed E-state index contributed by atoms with van der Waals surface area (Å²) in [5, 5.41) is 0. The highest BCUT2D eigenvalue weighted by Crippen LogP contribution is 2.37. The summed E-state index contributed by atoms with van der Waals surface area (Å²) in [7, 11) is 0. The fraction of sp³-hybridized carbons (Fsp3) is 0.636. The zero-order valence-corrected chi connectivity index (χ0v) is 17.9. The molecule has 1 aromatic rings. The Bertz CT molecular complexity index is 565. The summed E-state index contributed by atoms with van der Waals surface area (Å²) in [6, 6.07) is 7.39. The zero-order valence-electron chi connectivity index (χ0n) is 17.9. The molecule has 0 amide bonds. The molecule has 4 nitrogen and oxygen atoms in total. The molecule has 0 fully saturated rings. The van der Waals surface area contributed by atoms with E-state index in [2.05, 4.69) is 27.7 Å². The molecule has 0 bridgehead atoms. The number of hydrogen-bond donors (Lipinski definition) is 0. The first-order chi connectivity index (χ1) is 12.0. The fourth-order valence-corrected chi connectivity index (χ4v) is 2.24. The number of rotatable bonds is 6. The van der Waals surface area contributed by atoms with Crippen LogP contribution in [0.3, 0.4) is 0 Å². The molecule has 1 rings (SSSR count). The molecule has 1 atom stereocenters. The molecule has 0 N–H and O–H groups in total. The SMILES string of the molecule is CC.CCC(C)(C)C(C)c1ccc(C(=O)OCC(=O)OC(C)(C)C)cc1. The Morgan fingerprint density at radius 3 is 1.92 bits per heavy atom. The molecule has 1 unspecified atom stereocenters. The van der Waals surface area contributed by atoms with E-state index in [4.69, 9.17) is 9.47 Å². The average molecular weight is 365 g/mol. The van der Waals surface area contributed by atoms with E-state index in [-0.39, 0.29) is 12.0 Å². The van der Waals surface area contributed by atoms with Gasteiger partial charge in [0.1, 0.15) is 5.60 Å². The van der Waals surface area contributed by atoms with Crippen LogP contribution in [-0.2, 0) is 14.3 Å². The maximum absolute atomic E-state index is 12.0. The van der Waals surface area contributed by atoms with Gasteiger partial charge in [0.25, 0.3) is 0 Å². The van der Waals surface area contributed by atoms with Crippen molar-refractivity contribution in [2.24, 2.45) is 5.41 Å². The van der Waals surface area contributed by atoms with Crippen molar-refractivity contribution in [2.75, 3.05) is 6.61 Å². The maximum atomic E-state index is 12.0. The molecular formula is C22H36O4. The molecule has 0 aliphatic heterocycles. The topological polar surface area (TPSA) is 52.6 Å². The monoisotopic (exact) mass is 364 g/mol. The first-order valence-corrected chi connectivity index (χ1v) is 9.45. The second kappa shape index (κ2) is 10.3. The molecule has 0 heterocycles. The maximum Gasteiger partial charge on any atom is 0.344 e. The highest BCUT2D eigenvalue weighted by molar-refractivity contribution is 5.90. The van der Waals surface area contributed by atoms with Crippen molar-refractivity contribution in [2.45, 2.75) is 80.3 Å². The van der Waals surface area contributed by atoms with Crippen molar-refractivity contribution in [1.82, 2.24) is 0 Å². The zero-order chi connectivity index (χ0) is 20.5. The molecule has 26 heavy (non-hydrogen) atoms. The van der Waals surface area contributed by atoms with Crippen LogP contribution in [-0.4, -0.2) is 24.1 Å². The van der Waals surface area contributed by atoms with Crippen molar-refractivity contribution < 1.29 is 19.1 Å². The van der Waals surface area contributed by atoms with Gasteiger partial charge in [-0.25, -0.2) is 9.59 Å². The third-order valence-corrected chi connectivity index (χ3v) is 4.47. The molecule has 1 aromatic carbocycles. The van der Waals surface area contributed by atoms with Gasteiger partial charge < -0.3 is 9.47 Å². The lowest BCUT2D eigenvalue weighted by molar-refractivity contribution is -0.158. The average Bonchev–Trinajstić information content (AvgIpc) is 2.59. The highest BCUT2D eigenvalue weighted by atomic mass is 16.6. The lowest BCUT2D eigenvalue weighted by atomic mass is 9.74. The summed E-state index contributed by atoms with van der Waals surface area (Å²) < 4.78 is 10.1. The van der Waals surface area contributed by atoms with Crippen LogP contribution < -0.4 is 0 Å². The Morgan fingerprint density at radius 2 is 1.50 bits per heavy atom. The predicted molar refractivity (Wildman–Crippen MR) is 106 cm³/mol. The minimum Gasteiger partial charge on any atom is -0.457 e. The van der Waals surface area contributed by atoms with Gasteiger partial charge in [0.2, 0.25) is 0 Å². The molecule has 0 radical (unpaired) electrons. The van der Waals surface area contributed by atoms with Crippen molar-refractivity contribution in [3.8, 4) is 0 Å². The summed E-state index contributed by atoms with van der Waals surface area (Å²) in [5.74, 6) is -0.685. The molecule has 0 aliphatic rings. The summed E-state index contributed by atoms with van der Waals surface area (Å²) >= 11 is 0. The summed E-state index contributed by atoms with van der Waals surface area (Å²) in [6.45, 7) is 17.8. The van der Waals surface area contributed by atoms with E-state index in [9.17, 15) is 9.59 Å². The Hall–Kier alpha value is -1.84. The normalized spacial score (nSPS) is 12.5. The largest absolute Gasteiger partial charge is 0.457 e. The third kappa shape index (κ3) is 8.03. The van der Waals surface area contributed by atoms with Crippen LogP contribution in [0.15, 0.2) is 24.3 Å². The third-order valence-electron chi connectivity index (χ3n) is 4.47. The van der Waals surface area contributed by atoms with Crippen LogP contribution in [0, 0.1) is 5.41 Å². The molecular weight excluding hydrogens is 328 g/mol. The van der Waals surface area contributed by atoms with Crippen molar-refractivity contribution in [1.29, 1.82) is 0 Å². The molecule has 0 spiro atoms. The second-order valence-corrected chi connectivity index (χ2v) is 7.85. The number of ether oxygens (including phenoxy) is 2. The Kier molecular flexibility index (Phi) is 9.61. The van der Waals surface area contributed by atoms with Gasteiger partial charge in [-0.2, -0.15) is 0 Å². The second-order valence-electron chi connectivity index (χ2n) is 7.85. The van der Waals surface area contributed by atoms with E-state index in [0.29, 0.717) is 11.5 Å². The Labute approximate surface area is 159 Å². The van der Waals surface area contributed by atoms with Crippen molar-refractivity contribution in [3.63, 3.8) is 0 Å². The van der Waals surface area contributed by atoms with Gasteiger partial charge in [0.05, 0.1) is 5.56 Å². The van der Waals surface area contributed by atoms with Gasteiger partial charge in [-0.15, -0.1) is 0 Å². The van der Waals surface area contributed by atoms with Gasteiger partial charge in [0, 0.05) is 0 Å². The van der Waals surface area contributed by atoms with Gasteiger partial charge in [-0.05, 0) is 49.8 Å². The van der Waals surface area contributed by atoms with Gasteiger partial charge in [-0.1, -0.05) is 60.1 Å². The van der Waals surface area contributed by atoms with Crippen LogP contribution in [0.5, 0.6) is 0 Å². The smallest absolute Gasteiger partial charge is 0.344 e. The van der Waals surface area contributed by atoms with Gasteiger partial charge in [-0.3, -0.25) is 0 Å². The van der Waals surface area contributed by atoms with Crippen molar-refractivity contribution >= 4 is 11.9 Å². The predicted octanol–water partition coefficient (Wildman–Crippen LogP) is 5.75. The van der Waals surface area contributed by atoms with Gasteiger partial charge in [0.15, 0.2) is 6.61 Å².